The third-order valence-electron chi connectivity index (χ3n) is 5.89. The van der Waals surface area contributed by atoms with Crippen molar-refractivity contribution in [2.75, 3.05) is 25.0 Å². The van der Waals surface area contributed by atoms with Crippen LogP contribution in [0.5, 0.6) is 0 Å². The smallest absolute Gasteiger partial charge is 0.150 e. The molecular formula is C23H23BClN5S. The van der Waals surface area contributed by atoms with Gasteiger partial charge in [0.2, 0.25) is 0 Å². The van der Waals surface area contributed by atoms with Crippen molar-refractivity contribution in [3.8, 4) is 11.3 Å². The van der Waals surface area contributed by atoms with Crippen LogP contribution in [0.3, 0.4) is 0 Å². The maximum absolute atomic E-state index is 6.42. The summed E-state index contributed by atoms with van der Waals surface area (Å²) in [5, 5.41) is 10.8. The number of nitrogens with zero attached hydrogens (tertiary/aromatic N) is 4. The fourth-order valence-corrected chi connectivity index (χ4v) is 5.11. The van der Waals surface area contributed by atoms with Gasteiger partial charge in [0.05, 0.1) is 5.69 Å². The molecule has 1 aliphatic heterocycles. The zero-order valence-corrected chi connectivity index (χ0v) is 18.7. The van der Waals surface area contributed by atoms with Crippen molar-refractivity contribution in [3.63, 3.8) is 0 Å². The maximum atomic E-state index is 6.42. The summed E-state index contributed by atoms with van der Waals surface area (Å²) in [6, 6.07) is 14.1. The van der Waals surface area contributed by atoms with Crippen LogP contribution >= 0.6 is 22.9 Å². The molecule has 1 fully saturated rings. The second kappa shape index (κ2) is 9.03. The number of thiophene rings is 1. The third-order valence-corrected chi connectivity index (χ3v) is 7.08. The Morgan fingerprint density at radius 1 is 1.16 bits per heavy atom. The molecule has 2 radical (unpaired) electrons. The molecule has 1 aromatic carbocycles. The lowest BCUT2D eigenvalue weighted by Crippen LogP contribution is -2.35. The SMILES string of the molecule is [B]c1cnn2c(NCC3CCN(Cc4cccs4)CC3)cc(-c3ccccc3Cl)nc12. The molecule has 0 atom stereocenters. The normalized spacial score (nSPS) is 15.5. The van der Waals surface area contributed by atoms with E-state index in [4.69, 9.17) is 24.4 Å². The molecule has 5 nitrogen and oxygen atoms in total. The molecule has 0 amide bonds. The standard InChI is InChI=1S/C23H23BClN5S/c24-19-14-27-30-22(12-21(28-23(19)30)18-5-1-2-6-20(18)25)26-13-16-7-9-29(10-8-16)15-17-4-3-11-31-17/h1-6,11-12,14,16,26H,7-10,13,15H2. The first-order valence-corrected chi connectivity index (χ1v) is 11.8. The van der Waals surface area contributed by atoms with E-state index in [2.05, 4.69) is 32.8 Å². The minimum atomic E-state index is 0.554. The largest absolute Gasteiger partial charge is 0.370 e. The number of halogens is 1. The lowest BCUT2D eigenvalue weighted by molar-refractivity contribution is 0.183. The van der Waals surface area contributed by atoms with Crippen LogP contribution in [0.15, 0.2) is 54.0 Å². The van der Waals surface area contributed by atoms with Gasteiger partial charge in [-0.2, -0.15) is 9.61 Å². The molecule has 0 spiro atoms. The minimum absolute atomic E-state index is 0.554. The van der Waals surface area contributed by atoms with E-state index < -0.39 is 0 Å². The molecule has 0 saturated carbocycles. The fourth-order valence-electron chi connectivity index (χ4n) is 4.13. The molecule has 1 aliphatic rings. The Hall–Kier alpha value is -2.35. The van der Waals surface area contributed by atoms with Crippen LogP contribution < -0.4 is 10.8 Å². The van der Waals surface area contributed by atoms with Gasteiger partial charge in [-0.15, -0.1) is 11.3 Å². The summed E-state index contributed by atoms with van der Waals surface area (Å²) in [4.78, 5) is 8.71. The van der Waals surface area contributed by atoms with Crippen molar-refractivity contribution in [2.45, 2.75) is 19.4 Å². The van der Waals surface area contributed by atoms with Crippen LogP contribution in [0.1, 0.15) is 17.7 Å². The van der Waals surface area contributed by atoms with E-state index in [0.717, 1.165) is 43.3 Å². The number of hydrogen-bond acceptors (Lipinski definition) is 5. The summed E-state index contributed by atoms with van der Waals surface area (Å²) in [5.41, 5.74) is 2.88. The van der Waals surface area contributed by atoms with E-state index >= 15 is 0 Å². The van der Waals surface area contributed by atoms with E-state index in [1.165, 1.54) is 17.7 Å². The highest BCUT2D eigenvalue weighted by Gasteiger charge is 2.20. The number of aromatic nitrogens is 3. The molecule has 0 bridgehead atoms. The first-order chi connectivity index (χ1) is 15.2. The van der Waals surface area contributed by atoms with Crippen LogP contribution in [0, 0.1) is 5.92 Å². The molecule has 31 heavy (non-hydrogen) atoms. The molecular weight excluding hydrogens is 425 g/mol. The average molecular weight is 448 g/mol. The molecule has 1 N–H and O–H groups in total. The Balaban J connectivity index is 1.30. The number of fused-ring (bicyclic) bond motifs is 1. The average Bonchev–Trinajstić information content (AvgIpc) is 3.43. The van der Waals surface area contributed by atoms with Gasteiger partial charge in [0, 0.05) is 40.8 Å². The van der Waals surface area contributed by atoms with Gasteiger partial charge in [-0.3, -0.25) is 4.90 Å². The Kier molecular flexibility index (Phi) is 5.98. The van der Waals surface area contributed by atoms with E-state index in [-0.39, 0.29) is 0 Å². The lowest BCUT2D eigenvalue weighted by atomic mass is 9.96. The third kappa shape index (κ3) is 4.49. The zero-order valence-electron chi connectivity index (χ0n) is 17.2. The summed E-state index contributed by atoms with van der Waals surface area (Å²) in [6.45, 7) is 4.23. The van der Waals surface area contributed by atoms with Crippen LogP contribution in [0.25, 0.3) is 16.9 Å². The number of likely N-dealkylation sites (tertiary alicyclic amines) is 1. The van der Waals surface area contributed by atoms with Crippen molar-refractivity contribution in [2.24, 2.45) is 5.92 Å². The highest BCUT2D eigenvalue weighted by atomic mass is 35.5. The number of anilines is 1. The van der Waals surface area contributed by atoms with Crippen LogP contribution in [0.4, 0.5) is 5.82 Å². The predicted molar refractivity (Wildman–Crippen MR) is 130 cm³/mol. The summed E-state index contributed by atoms with van der Waals surface area (Å²) >= 11 is 8.26. The predicted octanol–water partition coefficient (Wildman–Crippen LogP) is 4.23. The molecule has 1 saturated heterocycles. The second-order valence-corrected chi connectivity index (χ2v) is 9.46. The van der Waals surface area contributed by atoms with E-state index in [1.807, 2.05) is 41.7 Å². The van der Waals surface area contributed by atoms with Gasteiger partial charge in [0.25, 0.3) is 0 Å². The van der Waals surface area contributed by atoms with Crippen molar-refractivity contribution in [1.82, 2.24) is 19.5 Å². The van der Waals surface area contributed by atoms with Crippen LogP contribution in [-0.2, 0) is 6.54 Å². The number of benzene rings is 1. The topological polar surface area (TPSA) is 45.5 Å². The molecule has 5 rings (SSSR count). The first kappa shape index (κ1) is 20.6. The molecule has 8 heteroatoms. The summed E-state index contributed by atoms with van der Waals surface area (Å²) in [5.74, 6) is 1.51. The molecule has 0 unspecified atom stereocenters. The van der Waals surface area contributed by atoms with E-state index in [1.54, 1.807) is 10.7 Å². The zero-order chi connectivity index (χ0) is 21.2. The monoisotopic (exact) mass is 447 g/mol. The highest BCUT2D eigenvalue weighted by molar-refractivity contribution is 7.09. The van der Waals surface area contributed by atoms with Crippen molar-refractivity contribution in [3.05, 3.63) is 63.9 Å². The van der Waals surface area contributed by atoms with Crippen LogP contribution in [-0.4, -0.2) is 47.0 Å². The molecule has 3 aromatic heterocycles. The quantitative estimate of drug-likeness (QED) is 0.449. The second-order valence-electron chi connectivity index (χ2n) is 8.02. The fraction of sp³-hybridized carbons (Fsp3) is 0.304. The van der Waals surface area contributed by atoms with Gasteiger partial charge in [0.1, 0.15) is 13.7 Å². The Morgan fingerprint density at radius 2 is 2.00 bits per heavy atom. The van der Waals surface area contributed by atoms with Gasteiger partial charge < -0.3 is 5.32 Å². The number of rotatable bonds is 6. The van der Waals surface area contributed by atoms with Crippen molar-refractivity contribution in [1.29, 1.82) is 0 Å². The van der Waals surface area contributed by atoms with Gasteiger partial charge in [0.15, 0.2) is 5.65 Å². The minimum Gasteiger partial charge on any atom is -0.370 e. The summed E-state index contributed by atoms with van der Waals surface area (Å²) in [6.07, 6.45) is 4.02. The lowest BCUT2D eigenvalue weighted by Gasteiger charge is -2.31. The molecule has 0 aliphatic carbocycles. The number of piperidine rings is 1. The summed E-state index contributed by atoms with van der Waals surface area (Å²) < 4.78 is 1.78. The van der Waals surface area contributed by atoms with Gasteiger partial charge in [-0.25, -0.2) is 4.98 Å². The first-order valence-electron chi connectivity index (χ1n) is 10.5. The molecule has 4 aromatic rings. The Labute approximate surface area is 192 Å². The van der Waals surface area contributed by atoms with Crippen molar-refractivity contribution < 1.29 is 0 Å². The number of hydrogen-bond donors (Lipinski definition) is 1. The Bertz CT molecular complexity index is 1170. The Morgan fingerprint density at radius 3 is 2.77 bits per heavy atom. The van der Waals surface area contributed by atoms with Crippen molar-refractivity contribution >= 4 is 47.7 Å². The molecule has 156 valence electrons. The van der Waals surface area contributed by atoms with Gasteiger partial charge in [-0.05, 0) is 54.8 Å². The number of nitrogens with one attached hydrogen (secondary N) is 1. The van der Waals surface area contributed by atoms with E-state index in [9.17, 15) is 0 Å². The molecule has 4 heterocycles. The summed E-state index contributed by atoms with van der Waals surface area (Å²) in [7, 11) is 6.13. The van der Waals surface area contributed by atoms with Gasteiger partial charge >= 0.3 is 0 Å². The highest BCUT2D eigenvalue weighted by Crippen LogP contribution is 2.28. The van der Waals surface area contributed by atoms with Gasteiger partial charge in [-0.1, -0.05) is 35.9 Å². The maximum Gasteiger partial charge on any atom is 0.150 e. The van der Waals surface area contributed by atoms with Crippen LogP contribution in [0.2, 0.25) is 5.02 Å². The van der Waals surface area contributed by atoms with E-state index in [0.29, 0.717) is 22.1 Å².